The SMILES string of the molecule is CC(O)C(N)C(=O)NC(C(=O)NC(C(=O)NC(CS)C(=O)O)C(C)O)C(C)O. The minimum atomic E-state index is -1.57. The fraction of sp³-hybridized carbons (Fsp3) is 0.733. The van der Waals surface area contributed by atoms with E-state index in [2.05, 4.69) is 28.6 Å². The highest BCUT2D eigenvalue weighted by molar-refractivity contribution is 7.80. The molecule has 7 atom stereocenters. The van der Waals surface area contributed by atoms with Crippen molar-refractivity contribution in [3.05, 3.63) is 0 Å². The van der Waals surface area contributed by atoms with Crippen LogP contribution in [0.5, 0.6) is 0 Å². The van der Waals surface area contributed by atoms with E-state index in [0.717, 1.165) is 0 Å². The summed E-state index contributed by atoms with van der Waals surface area (Å²) in [4.78, 5) is 47.5. The third kappa shape index (κ3) is 7.98. The molecular weight excluding hydrogens is 396 g/mol. The van der Waals surface area contributed by atoms with Gasteiger partial charge in [-0.2, -0.15) is 12.6 Å². The molecule has 12 nitrogen and oxygen atoms in total. The number of aliphatic carboxylic acids is 1. The van der Waals surface area contributed by atoms with Crippen molar-refractivity contribution in [3.63, 3.8) is 0 Å². The molecule has 0 aromatic carbocycles. The Labute approximate surface area is 167 Å². The molecule has 0 aliphatic heterocycles. The van der Waals surface area contributed by atoms with Crippen molar-refractivity contribution in [2.45, 2.75) is 63.3 Å². The predicted molar refractivity (Wildman–Crippen MR) is 100 cm³/mol. The number of thiol groups is 1. The van der Waals surface area contributed by atoms with Crippen LogP contribution in [0.1, 0.15) is 20.8 Å². The van der Waals surface area contributed by atoms with Crippen molar-refractivity contribution in [2.75, 3.05) is 5.75 Å². The summed E-state index contributed by atoms with van der Waals surface area (Å²) in [6.45, 7) is 3.63. The second-order valence-corrected chi connectivity index (χ2v) is 6.67. The second kappa shape index (κ2) is 11.8. The molecule has 0 saturated heterocycles. The van der Waals surface area contributed by atoms with E-state index >= 15 is 0 Å². The molecule has 0 spiro atoms. The van der Waals surface area contributed by atoms with Gasteiger partial charge in [0, 0.05) is 5.75 Å². The molecule has 0 aromatic heterocycles. The normalized spacial score (nSPS) is 18.6. The number of hydrogen-bond acceptors (Lipinski definition) is 9. The van der Waals surface area contributed by atoms with Crippen molar-refractivity contribution in [1.29, 1.82) is 0 Å². The maximum absolute atomic E-state index is 12.4. The Balaban J connectivity index is 5.29. The van der Waals surface area contributed by atoms with Gasteiger partial charge in [0.05, 0.1) is 18.3 Å². The number of nitrogens with one attached hydrogen (secondary N) is 3. The summed E-state index contributed by atoms with van der Waals surface area (Å²) in [6, 6.07) is -5.84. The smallest absolute Gasteiger partial charge is 0.327 e. The largest absolute Gasteiger partial charge is 0.480 e. The van der Waals surface area contributed by atoms with Crippen LogP contribution in [0.2, 0.25) is 0 Å². The fourth-order valence-corrected chi connectivity index (χ4v) is 2.22. The molecule has 0 rings (SSSR count). The Bertz CT molecular complexity index is 572. The molecule has 7 unspecified atom stereocenters. The molecule has 0 aliphatic carbocycles. The third-order valence-electron chi connectivity index (χ3n) is 3.74. The number of rotatable bonds is 11. The lowest BCUT2D eigenvalue weighted by atomic mass is 10.1. The van der Waals surface area contributed by atoms with Crippen molar-refractivity contribution < 1.29 is 39.6 Å². The number of carboxylic acids is 1. The zero-order chi connectivity index (χ0) is 22.2. The number of carbonyl (C=O) groups is 4. The van der Waals surface area contributed by atoms with Crippen molar-refractivity contribution >= 4 is 36.3 Å². The third-order valence-corrected chi connectivity index (χ3v) is 4.11. The lowest BCUT2D eigenvalue weighted by Gasteiger charge is -2.27. The first-order valence-corrected chi connectivity index (χ1v) is 9.01. The molecule has 28 heavy (non-hydrogen) atoms. The number of carboxylic acid groups (broad SMARTS) is 1. The summed E-state index contributed by atoms with van der Waals surface area (Å²) in [6.07, 6.45) is -4.06. The van der Waals surface area contributed by atoms with Gasteiger partial charge in [-0.25, -0.2) is 4.79 Å². The summed E-state index contributed by atoms with van der Waals surface area (Å²) in [5.74, 6) is -4.54. The number of aliphatic hydroxyl groups is 3. The second-order valence-electron chi connectivity index (χ2n) is 6.30. The molecule has 0 saturated carbocycles. The van der Waals surface area contributed by atoms with Crippen LogP contribution in [0.4, 0.5) is 0 Å². The molecule has 9 N–H and O–H groups in total. The van der Waals surface area contributed by atoms with E-state index < -0.39 is 66.2 Å². The Kier molecular flexibility index (Phi) is 11.0. The average Bonchev–Trinajstić information content (AvgIpc) is 2.59. The van der Waals surface area contributed by atoms with Crippen molar-refractivity contribution in [1.82, 2.24) is 16.0 Å². The van der Waals surface area contributed by atoms with Crippen LogP contribution in [0.25, 0.3) is 0 Å². The van der Waals surface area contributed by atoms with Gasteiger partial charge in [-0.15, -0.1) is 0 Å². The maximum Gasteiger partial charge on any atom is 0.327 e. The first kappa shape index (κ1) is 26.1. The monoisotopic (exact) mass is 424 g/mol. The number of aliphatic hydroxyl groups excluding tert-OH is 3. The van der Waals surface area contributed by atoms with Gasteiger partial charge in [0.15, 0.2) is 0 Å². The molecule has 0 bridgehead atoms. The molecule has 0 radical (unpaired) electrons. The standard InChI is InChI=1S/C15H28N4O8S/c1-5(20)9(16)12(23)18-11(7(3)22)14(25)19-10(6(2)21)13(24)17-8(4-28)15(26)27/h5-11,20-22,28H,4,16H2,1-3H3,(H,17,24)(H,18,23)(H,19,25)(H,26,27). The Morgan fingerprint density at radius 3 is 1.54 bits per heavy atom. The van der Waals surface area contributed by atoms with Gasteiger partial charge < -0.3 is 42.1 Å². The minimum absolute atomic E-state index is 0.231. The Hall–Kier alpha value is -1.93. The van der Waals surface area contributed by atoms with E-state index in [1.807, 2.05) is 0 Å². The van der Waals surface area contributed by atoms with Crippen LogP contribution >= 0.6 is 12.6 Å². The van der Waals surface area contributed by atoms with Crippen LogP contribution in [0.15, 0.2) is 0 Å². The topological polar surface area (TPSA) is 211 Å². The first-order valence-electron chi connectivity index (χ1n) is 8.38. The summed E-state index contributed by atoms with van der Waals surface area (Å²) in [5, 5.41) is 44.2. The molecule has 0 aromatic rings. The lowest BCUT2D eigenvalue weighted by Crippen LogP contribution is -2.62. The van der Waals surface area contributed by atoms with E-state index in [4.69, 9.17) is 10.8 Å². The Morgan fingerprint density at radius 1 is 0.821 bits per heavy atom. The highest BCUT2D eigenvalue weighted by atomic mass is 32.1. The first-order chi connectivity index (χ1) is 12.8. The van der Waals surface area contributed by atoms with Gasteiger partial charge in [0.1, 0.15) is 24.2 Å². The van der Waals surface area contributed by atoms with E-state index in [9.17, 15) is 34.5 Å². The Morgan fingerprint density at radius 2 is 1.21 bits per heavy atom. The predicted octanol–water partition coefficient (Wildman–Crippen LogP) is -4.08. The highest BCUT2D eigenvalue weighted by Crippen LogP contribution is 2.01. The van der Waals surface area contributed by atoms with Gasteiger partial charge >= 0.3 is 5.97 Å². The van der Waals surface area contributed by atoms with Gasteiger partial charge in [0.2, 0.25) is 17.7 Å². The van der Waals surface area contributed by atoms with Crippen LogP contribution in [-0.4, -0.2) is 92.3 Å². The van der Waals surface area contributed by atoms with Gasteiger partial charge in [-0.3, -0.25) is 14.4 Å². The van der Waals surface area contributed by atoms with Crippen LogP contribution in [-0.2, 0) is 19.2 Å². The molecule has 162 valence electrons. The zero-order valence-corrected chi connectivity index (χ0v) is 16.6. The number of nitrogens with two attached hydrogens (primary N) is 1. The quantitative estimate of drug-likeness (QED) is 0.147. The molecule has 0 aliphatic rings. The van der Waals surface area contributed by atoms with Crippen LogP contribution in [0, 0.1) is 0 Å². The molecule has 13 heteroatoms. The summed E-state index contributed by atoms with van der Waals surface area (Å²) >= 11 is 3.79. The molecule has 0 fully saturated rings. The number of carbonyl (C=O) groups excluding carboxylic acids is 3. The summed E-state index contributed by atoms with van der Waals surface area (Å²) in [5.41, 5.74) is 5.46. The molecule has 3 amide bonds. The maximum atomic E-state index is 12.4. The zero-order valence-electron chi connectivity index (χ0n) is 15.7. The summed E-state index contributed by atoms with van der Waals surface area (Å²) in [7, 11) is 0. The average molecular weight is 424 g/mol. The number of amides is 3. The van der Waals surface area contributed by atoms with E-state index in [1.165, 1.54) is 20.8 Å². The van der Waals surface area contributed by atoms with E-state index in [-0.39, 0.29) is 5.75 Å². The lowest BCUT2D eigenvalue weighted by molar-refractivity contribution is -0.142. The van der Waals surface area contributed by atoms with E-state index in [0.29, 0.717) is 0 Å². The summed E-state index contributed by atoms with van der Waals surface area (Å²) < 4.78 is 0. The van der Waals surface area contributed by atoms with Crippen molar-refractivity contribution in [3.8, 4) is 0 Å². The molecular formula is C15H28N4O8S. The highest BCUT2D eigenvalue weighted by Gasteiger charge is 2.34. The van der Waals surface area contributed by atoms with Gasteiger partial charge in [-0.1, -0.05) is 0 Å². The van der Waals surface area contributed by atoms with E-state index in [1.54, 1.807) is 0 Å². The van der Waals surface area contributed by atoms with Crippen LogP contribution in [0.3, 0.4) is 0 Å². The van der Waals surface area contributed by atoms with Gasteiger partial charge in [-0.05, 0) is 20.8 Å². The van der Waals surface area contributed by atoms with Gasteiger partial charge in [0.25, 0.3) is 0 Å². The number of hydrogen-bond donors (Lipinski definition) is 9. The fourth-order valence-electron chi connectivity index (χ4n) is 1.97. The minimum Gasteiger partial charge on any atom is -0.480 e. The molecule has 0 heterocycles. The van der Waals surface area contributed by atoms with Crippen molar-refractivity contribution in [2.24, 2.45) is 5.73 Å². The van der Waals surface area contributed by atoms with Crippen LogP contribution < -0.4 is 21.7 Å².